The lowest BCUT2D eigenvalue weighted by atomic mass is 10.1. The monoisotopic (exact) mass is 211 g/mol. The van der Waals surface area contributed by atoms with Gasteiger partial charge in [0.15, 0.2) is 0 Å². The van der Waals surface area contributed by atoms with Crippen molar-refractivity contribution in [1.82, 2.24) is 4.90 Å². The second kappa shape index (κ2) is 8.15. The third-order valence-electron chi connectivity index (χ3n) is 3.62. The van der Waals surface area contributed by atoms with Crippen molar-refractivity contribution < 1.29 is 0 Å². The Morgan fingerprint density at radius 2 is 0.933 bits per heavy atom. The Bertz CT molecular complexity index is 130. The summed E-state index contributed by atoms with van der Waals surface area (Å²) in [4.78, 5) is 2.67. The van der Waals surface area contributed by atoms with E-state index in [-0.39, 0.29) is 0 Å². The Balaban J connectivity index is 2.25. The molecule has 1 heterocycles. The highest BCUT2D eigenvalue weighted by Crippen LogP contribution is 2.13. The van der Waals surface area contributed by atoms with Crippen molar-refractivity contribution in [3.63, 3.8) is 0 Å². The lowest BCUT2D eigenvalue weighted by molar-refractivity contribution is 0.210. The minimum atomic E-state index is 0.743. The molecule has 0 aliphatic carbocycles. The minimum Gasteiger partial charge on any atom is -0.301 e. The van der Waals surface area contributed by atoms with E-state index in [0.29, 0.717) is 0 Å². The van der Waals surface area contributed by atoms with Gasteiger partial charge in [0.25, 0.3) is 0 Å². The van der Waals surface area contributed by atoms with Crippen molar-refractivity contribution in [2.24, 2.45) is 0 Å². The molecule has 0 aromatic carbocycles. The third-order valence-corrected chi connectivity index (χ3v) is 3.62. The predicted molar refractivity (Wildman–Crippen MR) is 68.3 cm³/mol. The van der Waals surface area contributed by atoms with Crippen LogP contribution in [-0.4, -0.2) is 24.0 Å². The quantitative estimate of drug-likeness (QED) is 0.627. The van der Waals surface area contributed by atoms with Gasteiger partial charge in [0.2, 0.25) is 0 Å². The van der Waals surface area contributed by atoms with E-state index in [1.165, 1.54) is 70.9 Å². The van der Waals surface area contributed by atoms with Crippen LogP contribution in [0.2, 0.25) is 0 Å². The summed E-state index contributed by atoms with van der Waals surface area (Å²) >= 11 is 0. The van der Waals surface area contributed by atoms with E-state index < -0.39 is 0 Å². The lowest BCUT2D eigenvalue weighted by Gasteiger charge is -2.26. The standard InChI is InChI=1S/C14H29N/c1-14(2)15-12-10-8-6-4-3-5-7-9-11-13-15/h14H,3-13H2,1-2H3. The highest BCUT2D eigenvalue weighted by molar-refractivity contribution is 4.64. The third kappa shape index (κ3) is 6.19. The van der Waals surface area contributed by atoms with E-state index in [2.05, 4.69) is 18.7 Å². The number of nitrogens with zero attached hydrogens (tertiary/aromatic N) is 1. The van der Waals surface area contributed by atoms with Gasteiger partial charge in [-0.2, -0.15) is 0 Å². The van der Waals surface area contributed by atoms with Crippen molar-refractivity contribution in [1.29, 1.82) is 0 Å². The maximum Gasteiger partial charge on any atom is 0.00385 e. The minimum absolute atomic E-state index is 0.743. The average Bonchev–Trinajstić information content (AvgIpc) is 2.18. The van der Waals surface area contributed by atoms with E-state index >= 15 is 0 Å². The zero-order valence-electron chi connectivity index (χ0n) is 10.8. The fourth-order valence-electron chi connectivity index (χ4n) is 2.50. The van der Waals surface area contributed by atoms with E-state index in [0.717, 1.165) is 6.04 Å². The van der Waals surface area contributed by atoms with Gasteiger partial charge in [-0.1, -0.05) is 44.9 Å². The van der Waals surface area contributed by atoms with Crippen LogP contribution in [0.25, 0.3) is 0 Å². The molecule has 0 saturated carbocycles. The molecule has 15 heavy (non-hydrogen) atoms. The van der Waals surface area contributed by atoms with Crippen molar-refractivity contribution in [2.75, 3.05) is 13.1 Å². The van der Waals surface area contributed by atoms with Crippen LogP contribution in [0.1, 0.15) is 71.6 Å². The molecule has 0 bridgehead atoms. The SMILES string of the molecule is CC(C)N1CCCCCCCCCCC1. The van der Waals surface area contributed by atoms with Gasteiger partial charge in [0.05, 0.1) is 0 Å². The van der Waals surface area contributed by atoms with Gasteiger partial charge in [0, 0.05) is 6.04 Å². The molecule has 0 aromatic rings. The fraction of sp³-hybridized carbons (Fsp3) is 1.00. The molecular weight excluding hydrogens is 182 g/mol. The zero-order chi connectivity index (χ0) is 10.9. The Kier molecular flexibility index (Phi) is 7.08. The molecule has 1 rings (SSSR count). The summed E-state index contributed by atoms with van der Waals surface area (Å²) in [6.45, 7) is 7.34. The van der Waals surface area contributed by atoms with E-state index in [4.69, 9.17) is 0 Å². The highest BCUT2D eigenvalue weighted by atomic mass is 15.1. The van der Waals surface area contributed by atoms with Crippen LogP contribution in [0.3, 0.4) is 0 Å². The van der Waals surface area contributed by atoms with E-state index in [1.807, 2.05) is 0 Å². The van der Waals surface area contributed by atoms with Gasteiger partial charge in [-0.25, -0.2) is 0 Å². The first-order valence-electron chi connectivity index (χ1n) is 7.05. The van der Waals surface area contributed by atoms with Gasteiger partial charge in [-0.15, -0.1) is 0 Å². The number of rotatable bonds is 1. The van der Waals surface area contributed by atoms with Crippen LogP contribution in [-0.2, 0) is 0 Å². The molecule has 1 aliphatic rings. The topological polar surface area (TPSA) is 3.24 Å². The molecule has 90 valence electrons. The first-order chi connectivity index (χ1) is 7.30. The highest BCUT2D eigenvalue weighted by Gasteiger charge is 2.08. The summed E-state index contributed by atoms with van der Waals surface area (Å²) < 4.78 is 0. The van der Waals surface area contributed by atoms with Crippen LogP contribution in [0.15, 0.2) is 0 Å². The molecular formula is C14H29N. The summed E-state index contributed by atoms with van der Waals surface area (Å²) in [6, 6.07) is 0.743. The van der Waals surface area contributed by atoms with Crippen molar-refractivity contribution in [3.05, 3.63) is 0 Å². The molecule has 0 radical (unpaired) electrons. The summed E-state index contributed by atoms with van der Waals surface area (Å²) in [7, 11) is 0. The Hall–Kier alpha value is -0.0400. The summed E-state index contributed by atoms with van der Waals surface area (Å²) in [5.74, 6) is 0. The smallest absolute Gasteiger partial charge is 0.00385 e. The first kappa shape index (κ1) is 13.0. The first-order valence-corrected chi connectivity index (χ1v) is 7.05. The van der Waals surface area contributed by atoms with Gasteiger partial charge < -0.3 is 4.90 Å². The van der Waals surface area contributed by atoms with Crippen LogP contribution in [0.4, 0.5) is 0 Å². The van der Waals surface area contributed by atoms with E-state index in [1.54, 1.807) is 0 Å². The zero-order valence-corrected chi connectivity index (χ0v) is 10.8. The Labute approximate surface area is 96.2 Å². The van der Waals surface area contributed by atoms with Crippen molar-refractivity contribution in [2.45, 2.75) is 77.7 Å². The molecule has 0 spiro atoms. The molecule has 1 saturated heterocycles. The van der Waals surface area contributed by atoms with Gasteiger partial charge in [0.1, 0.15) is 0 Å². The maximum atomic E-state index is 2.67. The van der Waals surface area contributed by atoms with Crippen LogP contribution in [0, 0.1) is 0 Å². The Morgan fingerprint density at radius 3 is 1.27 bits per heavy atom. The second-order valence-corrected chi connectivity index (χ2v) is 5.31. The molecule has 0 unspecified atom stereocenters. The second-order valence-electron chi connectivity index (χ2n) is 5.31. The average molecular weight is 211 g/mol. The molecule has 1 fully saturated rings. The van der Waals surface area contributed by atoms with Crippen LogP contribution in [0.5, 0.6) is 0 Å². The van der Waals surface area contributed by atoms with Gasteiger partial charge >= 0.3 is 0 Å². The number of hydrogen-bond donors (Lipinski definition) is 0. The molecule has 1 aliphatic heterocycles. The fourth-order valence-corrected chi connectivity index (χ4v) is 2.50. The number of hydrogen-bond acceptors (Lipinski definition) is 1. The molecule has 1 heteroatoms. The molecule has 0 amide bonds. The summed E-state index contributed by atoms with van der Waals surface area (Å²) in [6.07, 6.45) is 13.1. The van der Waals surface area contributed by atoms with Gasteiger partial charge in [-0.05, 0) is 39.8 Å². The molecule has 0 aromatic heterocycles. The van der Waals surface area contributed by atoms with Crippen molar-refractivity contribution >= 4 is 0 Å². The summed E-state index contributed by atoms with van der Waals surface area (Å²) in [5.41, 5.74) is 0. The molecule has 0 N–H and O–H groups in total. The van der Waals surface area contributed by atoms with Gasteiger partial charge in [-0.3, -0.25) is 0 Å². The molecule has 0 atom stereocenters. The lowest BCUT2D eigenvalue weighted by Crippen LogP contribution is -2.32. The molecule has 1 nitrogen and oxygen atoms in total. The maximum absolute atomic E-state index is 2.67. The van der Waals surface area contributed by atoms with E-state index in [9.17, 15) is 0 Å². The Morgan fingerprint density at radius 1 is 0.600 bits per heavy atom. The summed E-state index contributed by atoms with van der Waals surface area (Å²) in [5, 5.41) is 0. The van der Waals surface area contributed by atoms with Crippen LogP contribution < -0.4 is 0 Å². The predicted octanol–water partition coefficient (Wildman–Crippen LogP) is 4.22. The van der Waals surface area contributed by atoms with Crippen LogP contribution >= 0.6 is 0 Å². The normalized spacial score (nSPS) is 23.4. The largest absolute Gasteiger partial charge is 0.301 e. The van der Waals surface area contributed by atoms with Crippen molar-refractivity contribution in [3.8, 4) is 0 Å².